The Morgan fingerprint density at radius 1 is 1.33 bits per heavy atom. The number of benzene rings is 1. The summed E-state index contributed by atoms with van der Waals surface area (Å²) in [7, 11) is 0. The van der Waals surface area contributed by atoms with Crippen LogP contribution in [-0.4, -0.2) is 27.9 Å². The summed E-state index contributed by atoms with van der Waals surface area (Å²) in [6.07, 6.45) is -0.0908. The highest BCUT2D eigenvalue weighted by Gasteiger charge is 2.44. The number of amides is 1. The first-order chi connectivity index (χ1) is 9.67. The monoisotopic (exact) mass is 293 g/mol. The molecule has 1 amide bonds. The van der Waals surface area contributed by atoms with Gasteiger partial charge in [0.25, 0.3) is 0 Å². The molecule has 1 aliphatic rings. The van der Waals surface area contributed by atoms with Crippen LogP contribution in [0, 0.1) is 5.92 Å². The van der Waals surface area contributed by atoms with E-state index in [9.17, 15) is 14.7 Å². The van der Waals surface area contributed by atoms with Crippen LogP contribution in [0.15, 0.2) is 18.2 Å². The first-order valence-corrected chi connectivity index (χ1v) is 6.73. The molecule has 0 heterocycles. The van der Waals surface area contributed by atoms with Crippen LogP contribution in [0.25, 0.3) is 0 Å². The summed E-state index contributed by atoms with van der Waals surface area (Å²) in [4.78, 5) is 22.6. The molecule has 114 valence electrons. The minimum atomic E-state index is -0.824. The molecular weight excluding hydrogens is 274 g/mol. The number of nitrogens with one attached hydrogen (secondary N) is 1. The van der Waals surface area contributed by atoms with Crippen molar-refractivity contribution >= 4 is 17.7 Å². The Kier molecular flexibility index (Phi) is 3.80. The van der Waals surface area contributed by atoms with E-state index in [1.807, 2.05) is 0 Å². The largest absolute Gasteiger partial charge is 0.506 e. The van der Waals surface area contributed by atoms with Crippen molar-refractivity contribution in [3.63, 3.8) is 0 Å². The number of phenolic OH excluding ortho intramolecular Hbond substituents is 1. The summed E-state index contributed by atoms with van der Waals surface area (Å²) in [6, 6.07) is 4.70. The Morgan fingerprint density at radius 3 is 2.52 bits per heavy atom. The van der Waals surface area contributed by atoms with Crippen LogP contribution in [0.4, 0.5) is 10.5 Å². The fourth-order valence-corrected chi connectivity index (χ4v) is 2.13. The van der Waals surface area contributed by atoms with Gasteiger partial charge >= 0.3 is 12.1 Å². The fourth-order valence-electron chi connectivity index (χ4n) is 2.13. The van der Waals surface area contributed by atoms with Gasteiger partial charge in [0.1, 0.15) is 11.4 Å². The van der Waals surface area contributed by atoms with Crippen molar-refractivity contribution in [2.24, 2.45) is 5.92 Å². The van der Waals surface area contributed by atoms with E-state index in [2.05, 4.69) is 5.32 Å². The number of phenols is 1. The molecule has 3 N–H and O–H groups in total. The van der Waals surface area contributed by atoms with Gasteiger partial charge in [-0.3, -0.25) is 10.1 Å². The van der Waals surface area contributed by atoms with Crippen LogP contribution in [0.3, 0.4) is 0 Å². The smallest absolute Gasteiger partial charge is 0.412 e. The molecular formula is C15H19NO5. The highest BCUT2D eigenvalue weighted by atomic mass is 16.6. The average Bonchev–Trinajstić information content (AvgIpc) is 3.09. The van der Waals surface area contributed by atoms with Crippen LogP contribution < -0.4 is 5.32 Å². The van der Waals surface area contributed by atoms with Gasteiger partial charge < -0.3 is 14.9 Å². The third-order valence-corrected chi connectivity index (χ3v) is 3.19. The number of rotatable bonds is 3. The minimum absolute atomic E-state index is 0.0673. The zero-order chi connectivity index (χ0) is 15.8. The molecule has 0 radical (unpaired) electrons. The van der Waals surface area contributed by atoms with Gasteiger partial charge in [0.2, 0.25) is 0 Å². The Hall–Kier alpha value is -2.24. The molecule has 1 aromatic rings. The number of hydrogen-bond acceptors (Lipinski definition) is 4. The van der Waals surface area contributed by atoms with Gasteiger partial charge in [0.15, 0.2) is 0 Å². The number of carbonyl (C=O) groups excluding carboxylic acids is 1. The van der Waals surface area contributed by atoms with Crippen molar-refractivity contribution < 1.29 is 24.5 Å². The Bertz CT molecular complexity index is 576. The lowest BCUT2D eigenvalue weighted by atomic mass is 10.1. The topological polar surface area (TPSA) is 95.9 Å². The summed E-state index contributed by atoms with van der Waals surface area (Å²) in [6.45, 7) is 5.22. The Labute approximate surface area is 122 Å². The van der Waals surface area contributed by atoms with Gasteiger partial charge in [-0.05, 0) is 50.8 Å². The number of aromatic hydroxyl groups is 1. The van der Waals surface area contributed by atoms with E-state index in [-0.39, 0.29) is 23.3 Å². The van der Waals surface area contributed by atoms with Crippen molar-refractivity contribution in [2.45, 2.75) is 38.7 Å². The second kappa shape index (κ2) is 5.27. The van der Waals surface area contributed by atoms with E-state index < -0.39 is 17.7 Å². The third kappa shape index (κ3) is 3.87. The molecule has 1 fully saturated rings. The lowest BCUT2D eigenvalue weighted by molar-refractivity contribution is -0.138. The van der Waals surface area contributed by atoms with Gasteiger partial charge in [-0.1, -0.05) is 6.07 Å². The highest BCUT2D eigenvalue weighted by molar-refractivity contribution is 5.87. The van der Waals surface area contributed by atoms with E-state index in [0.29, 0.717) is 6.42 Å². The van der Waals surface area contributed by atoms with Crippen molar-refractivity contribution in [1.29, 1.82) is 0 Å². The first-order valence-electron chi connectivity index (χ1n) is 6.73. The van der Waals surface area contributed by atoms with Crippen LogP contribution in [-0.2, 0) is 9.53 Å². The number of carboxylic acid groups (broad SMARTS) is 1. The van der Waals surface area contributed by atoms with Gasteiger partial charge in [-0.2, -0.15) is 0 Å². The van der Waals surface area contributed by atoms with E-state index in [0.717, 1.165) is 5.56 Å². The lowest BCUT2D eigenvalue weighted by Gasteiger charge is -2.20. The molecule has 0 spiro atoms. The SMILES string of the molecule is CC(C)(C)OC(=O)Nc1cc([C@@H]2C[C@H]2C(=O)O)ccc1O. The minimum Gasteiger partial charge on any atom is -0.506 e. The molecule has 6 heteroatoms. The van der Waals surface area contributed by atoms with E-state index >= 15 is 0 Å². The maximum absolute atomic E-state index is 11.7. The maximum atomic E-state index is 11.7. The van der Waals surface area contributed by atoms with E-state index in [4.69, 9.17) is 9.84 Å². The summed E-state index contributed by atoms with van der Waals surface area (Å²) < 4.78 is 5.12. The maximum Gasteiger partial charge on any atom is 0.412 e. The van der Waals surface area contributed by atoms with Crippen molar-refractivity contribution in [1.82, 2.24) is 0 Å². The molecule has 21 heavy (non-hydrogen) atoms. The third-order valence-electron chi connectivity index (χ3n) is 3.19. The summed E-state index contributed by atoms with van der Waals surface area (Å²) in [5, 5.41) is 21.2. The fraction of sp³-hybridized carbons (Fsp3) is 0.467. The highest BCUT2D eigenvalue weighted by Crippen LogP contribution is 2.48. The first kappa shape index (κ1) is 15.2. The predicted octanol–water partition coefficient (Wildman–Crippen LogP) is 2.93. The molecule has 1 aromatic carbocycles. The normalized spacial score (nSPS) is 20.7. The number of carboxylic acids is 1. The molecule has 1 aliphatic carbocycles. The molecule has 1 saturated carbocycles. The summed E-state index contributed by atoms with van der Waals surface area (Å²) in [5.41, 5.74) is 0.367. The molecule has 0 aliphatic heterocycles. The van der Waals surface area contributed by atoms with Gasteiger partial charge in [-0.15, -0.1) is 0 Å². The summed E-state index contributed by atoms with van der Waals surface area (Å²) >= 11 is 0. The van der Waals surface area contributed by atoms with Gasteiger partial charge in [-0.25, -0.2) is 4.79 Å². The zero-order valence-electron chi connectivity index (χ0n) is 12.2. The van der Waals surface area contributed by atoms with Crippen molar-refractivity contribution in [3.05, 3.63) is 23.8 Å². The second-order valence-corrected chi connectivity index (χ2v) is 6.19. The Morgan fingerprint density at radius 2 is 2.00 bits per heavy atom. The van der Waals surface area contributed by atoms with Crippen LogP contribution in [0.1, 0.15) is 38.7 Å². The van der Waals surface area contributed by atoms with Crippen LogP contribution in [0.2, 0.25) is 0 Å². The number of carbonyl (C=O) groups is 2. The van der Waals surface area contributed by atoms with Gasteiger partial charge in [0.05, 0.1) is 11.6 Å². The molecule has 0 saturated heterocycles. The van der Waals surface area contributed by atoms with E-state index in [1.165, 1.54) is 6.07 Å². The molecule has 6 nitrogen and oxygen atoms in total. The molecule has 0 aromatic heterocycles. The van der Waals surface area contributed by atoms with Crippen molar-refractivity contribution in [2.75, 3.05) is 5.32 Å². The van der Waals surface area contributed by atoms with Crippen LogP contribution >= 0.6 is 0 Å². The number of hydrogen-bond donors (Lipinski definition) is 3. The number of anilines is 1. The van der Waals surface area contributed by atoms with Crippen molar-refractivity contribution in [3.8, 4) is 5.75 Å². The molecule has 2 atom stereocenters. The number of aliphatic carboxylic acids is 1. The number of ether oxygens (including phenoxy) is 1. The molecule has 2 rings (SSSR count). The van der Waals surface area contributed by atoms with Crippen LogP contribution in [0.5, 0.6) is 5.75 Å². The zero-order valence-corrected chi connectivity index (χ0v) is 12.2. The standard InChI is InChI=1S/C15H19NO5/c1-15(2,3)21-14(20)16-11-6-8(4-5-12(11)17)9-7-10(9)13(18)19/h4-6,9-10,17H,7H2,1-3H3,(H,16,20)(H,18,19)/t9-,10+/m0/s1. The molecule has 0 unspecified atom stereocenters. The van der Waals surface area contributed by atoms with Gasteiger partial charge in [0, 0.05) is 0 Å². The average molecular weight is 293 g/mol. The Balaban J connectivity index is 2.10. The quantitative estimate of drug-likeness (QED) is 0.745. The lowest BCUT2D eigenvalue weighted by Crippen LogP contribution is -2.27. The van der Waals surface area contributed by atoms with E-state index in [1.54, 1.807) is 32.9 Å². The summed E-state index contributed by atoms with van der Waals surface area (Å²) in [5.74, 6) is -1.36. The predicted molar refractivity (Wildman–Crippen MR) is 76.4 cm³/mol. The second-order valence-electron chi connectivity index (χ2n) is 6.19. The molecule has 0 bridgehead atoms.